The quantitative estimate of drug-likeness (QED) is 0.788. The first-order valence-electron chi connectivity index (χ1n) is 7.14. The molecule has 0 bridgehead atoms. The van der Waals surface area contributed by atoms with Crippen molar-refractivity contribution in [1.29, 1.82) is 0 Å². The van der Waals surface area contributed by atoms with Gasteiger partial charge in [0, 0.05) is 13.1 Å². The van der Waals surface area contributed by atoms with E-state index in [-0.39, 0.29) is 25.0 Å². The molecule has 0 aliphatic heterocycles. The summed E-state index contributed by atoms with van der Waals surface area (Å²) in [5, 5.41) is 2.37. The molecule has 0 saturated heterocycles. The number of carbonyl (C=O) groups excluding carboxylic acids is 1. The number of anilines is 1. The summed E-state index contributed by atoms with van der Waals surface area (Å²) in [5.74, 6) is 1.01. The molecule has 0 aliphatic rings. The van der Waals surface area contributed by atoms with Crippen LogP contribution in [0.25, 0.3) is 0 Å². The minimum atomic E-state index is -0.477. The number of nitrogens with two attached hydrogens (primary N) is 1. The second-order valence-corrected chi connectivity index (χ2v) is 5.39. The van der Waals surface area contributed by atoms with E-state index in [1.165, 1.54) is 7.05 Å². The van der Waals surface area contributed by atoms with Crippen LogP contribution in [-0.4, -0.2) is 31.3 Å². The van der Waals surface area contributed by atoms with Crippen LogP contribution in [0.4, 0.5) is 10.5 Å². The topological polar surface area (TPSA) is 86.5 Å². The van der Waals surface area contributed by atoms with E-state index in [0.29, 0.717) is 5.88 Å². The smallest absolute Gasteiger partial charge is 0.406 e. The number of carbonyl (C=O) groups is 1. The number of aromatic nitrogens is 1. The zero-order valence-corrected chi connectivity index (χ0v) is 13.4. The van der Waals surface area contributed by atoms with Gasteiger partial charge in [0.05, 0.1) is 11.4 Å². The van der Waals surface area contributed by atoms with E-state index < -0.39 is 6.09 Å². The van der Waals surface area contributed by atoms with E-state index in [4.69, 9.17) is 15.2 Å². The third kappa shape index (κ3) is 4.81. The van der Waals surface area contributed by atoms with Crippen molar-refractivity contribution in [2.75, 3.05) is 26.0 Å². The highest BCUT2D eigenvalue weighted by atomic mass is 16.6. The number of nitrogens with zero attached hydrogens (tertiary/aromatic N) is 1. The van der Waals surface area contributed by atoms with Crippen molar-refractivity contribution in [3.8, 4) is 5.88 Å². The van der Waals surface area contributed by atoms with Gasteiger partial charge in [-0.05, 0) is 17.4 Å². The number of amides is 1. The summed E-state index contributed by atoms with van der Waals surface area (Å²) in [6.45, 7) is 8.66. The average Bonchev–Trinajstić information content (AvgIpc) is 2.43. The van der Waals surface area contributed by atoms with Crippen LogP contribution < -0.4 is 15.8 Å². The Balaban J connectivity index is 2.80. The Morgan fingerprint density at radius 2 is 1.95 bits per heavy atom. The molecule has 0 spiro atoms. The van der Waals surface area contributed by atoms with Gasteiger partial charge in [-0.1, -0.05) is 27.7 Å². The number of rotatable bonds is 6. The molecule has 1 aromatic rings. The second kappa shape index (κ2) is 7.71. The molecule has 0 atom stereocenters. The predicted molar refractivity (Wildman–Crippen MR) is 82.7 cm³/mol. The van der Waals surface area contributed by atoms with E-state index in [2.05, 4.69) is 24.1 Å². The molecule has 3 N–H and O–H groups in total. The van der Waals surface area contributed by atoms with Crippen LogP contribution in [0.3, 0.4) is 0 Å². The summed E-state index contributed by atoms with van der Waals surface area (Å²) in [7, 11) is 1.51. The average molecular weight is 295 g/mol. The number of hydrogen-bond acceptors (Lipinski definition) is 5. The number of ether oxygens (including phenoxy) is 2. The molecule has 6 heteroatoms. The summed E-state index contributed by atoms with van der Waals surface area (Å²) in [4.78, 5) is 15.4. The molecule has 21 heavy (non-hydrogen) atoms. The zero-order chi connectivity index (χ0) is 16.0. The maximum atomic E-state index is 10.9. The minimum Gasteiger partial charge on any atom is -0.474 e. The standard InChI is InChI=1S/C15H25N3O3/c1-9(2)11-8-12(18-14(10(3)4)13(11)16)20-6-7-21-15(19)17-5/h8-10H,6-7,16H2,1-5H3,(H,17,19). The molecule has 0 aromatic carbocycles. The molecule has 1 aromatic heterocycles. The summed E-state index contributed by atoms with van der Waals surface area (Å²) >= 11 is 0. The van der Waals surface area contributed by atoms with Crippen molar-refractivity contribution in [2.45, 2.75) is 39.5 Å². The molecule has 1 rings (SSSR count). The maximum Gasteiger partial charge on any atom is 0.406 e. The first kappa shape index (κ1) is 17.1. The molecular weight excluding hydrogens is 270 g/mol. The fourth-order valence-corrected chi connectivity index (χ4v) is 1.91. The lowest BCUT2D eigenvalue weighted by molar-refractivity contribution is 0.125. The van der Waals surface area contributed by atoms with Gasteiger partial charge in [-0.25, -0.2) is 9.78 Å². The normalized spacial score (nSPS) is 10.8. The van der Waals surface area contributed by atoms with Crippen molar-refractivity contribution in [3.63, 3.8) is 0 Å². The summed E-state index contributed by atoms with van der Waals surface area (Å²) in [5.41, 5.74) is 8.76. The summed E-state index contributed by atoms with van der Waals surface area (Å²) in [6.07, 6.45) is -0.477. The lowest BCUT2D eigenvalue weighted by Crippen LogP contribution is -2.22. The molecule has 1 heterocycles. The zero-order valence-electron chi connectivity index (χ0n) is 13.4. The van der Waals surface area contributed by atoms with Crippen molar-refractivity contribution in [1.82, 2.24) is 10.3 Å². The Labute approximate surface area is 126 Å². The number of nitrogens with one attached hydrogen (secondary N) is 1. The number of alkyl carbamates (subject to hydrolysis) is 1. The first-order chi connectivity index (χ1) is 9.86. The van der Waals surface area contributed by atoms with Gasteiger partial charge in [-0.15, -0.1) is 0 Å². The predicted octanol–water partition coefficient (Wildman–Crippen LogP) is 2.65. The van der Waals surface area contributed by atoms with E-state index in [9.17, 15) is 4.79 Å². The molecule has 6 nitrogen and oxygen atoms in total. The lowest BCUT2D eigenvalue weighted by Gasteiger charge is -2.17. The van der Waals surface area contributed by atoms with Crippen LogP contribution in [0.1, 0.15) is 50.8 Å². The van der Waals surface area contributed by atoms with Gasteiger partial charge >= 0.3 is 6.09 Å². The fraction of sp³-hybridized carbons (Fsp3) is 0.600. The highest BCUT2D eigenvalue weighted by molar-refractivity contribution is 5.66. The fourth-order valence-electron chi connectivity index (χ4n) is 1.91. The number of nitrogen functional groups attached to an aromatic ring is 1. The van der Waals surface area contributed by atoms with Crippen molar-refractivity contribution in [2.24, 2.45) is 0 Å². The van der Waals surface area contributed by atoms with Crippen molar-refractivity contribution >= 4 is 11.8 Å². The van der Waals surface area contributed by atoms with E-state index >= 15 is 0 Å². The van der Waals surface area contributed by atoms with Crippen LogP contribution in [0.5, 0.6) is 5.88 Å². The molecule has 0 unspecified atom stereocenters. The van der Waals surface area contributed by atoms with Crippen molar-refractivity contribution < 1.29 is 14.3 Å². The molecule has 0 fully saturated rings. The van der Waals surface area contributed by atoms with Crippen LogP contribution in [0, 0.1) is 0 Å². The third-order valence-electron chi connectivity index (χ3n) is 3.04. The van der Waals surface area contributed by atoms with Gasteiger partial charge in [-0.2, -0.15) is 0 Å². The second-order valence-electron chi connectivity index (χ2n) is 5.39. The SMILES string of the molecule is CNC(=O)OCCOc1cc(C(C)C)c(N)c(C(C)C)n1. The summed E-state index contributed by atoms with van der Waals surface area (Å²) < 4.78 is 10.4. The van der Waals surface area contributed by atoms with Crippen molar-refractivity contribution in [3.05, 3.63) is 17.3 Å². The van der Waals surface area contributed by atoms with Crippen LogP contribution in [0.2, 0.25) is 0 Å². The molecular formula is C15H25N3O3. The maximum absolute atomic E-state index is 10.9. The Kier molecular flexibility index (Phi) is 6.27. The van der Waals surface area contributed by atoms with Crippen LogP contribution in [0.15, 0.2) is 6.07 Å². The van der Waals surface area contributed by atoms with Gasteiger partial charge in [0.2, 0.25) is 5.88 Å². The Morgan fingerprint density at radius 3 is 2.48 bits per heavy atom. The molecule has 118 valence electrons. The largest absolute Gasteiger partial charge is 0.474 e. The molecule has 1 amide bonds. The summed E-state index contributed by atoms with van der Waals surface area (Å²) in [6, 6.07) is 1.85. The Morgan fingerprint density at radius 1 is 1.29 bits per heavy atom. The highest BCUT2D eigenvalue weighted by Gasteiger charge is 2.15. The Bertz CT molecular complexity index is 458. The number of hydrogen-bond donors (Lipinski definition) is 2. The Hall–Kier alpha value is -1.98. The van der Waals surface area contributed by atoms with Crippen LogP contribution in [-0.2, 0) is 4.74 Å². The van der Waals surface area contributed by atoms with E-state index in [1.807, 2.05) is 19.9 Å². The molecule has 0 saturated carbocycles. The molecule has 0 aliphatic carbocycles. The van der Waals surface area contributed by atoms with E-state index in [1.54, 1.807) is 0 Å². The van der Waals surface area contributed by atoms with E-state index in [0.717, 1.165) is 16.9 Å². The van der Waals surface area contributed by atoms with Crippen LogP contribution >= 0.6 is 0 Å². The van der Waals surface area contributed by atoms with Gasteiger partial charge in [-0.3, -0.25) is 0 Å². The van der Waals surface area contributed by atoms with Gasteiger partial charge in [0.1, 0.15) is 13.2 Å². The van der Waals surface area contributed by atoms with Gasteiger partial charge < -0.3 is 20.5 Å². The molecule has 0 radical (unpaired) electrons. The monoisotopic (exact) mass is 295 g/mol. The highest BCUT2D eigenvalue weighted by Crippen LogP contribution is 2.31. The lowest BCUT2D eigenvalue weighted by atomic mass is 9.97. The first-order valence-corrected chi connectivity index (χ1v) is 7.14. The van der Waals surface area contributed by atoms with Gasteiger partial charge in [0.15, 0.2) is 0 Å². The third-order valence-corrected chi connectivity index (χ3v) is 3.04. The number of pyridine rings is 1. The minimum absolute atomic E-state index is 0.166. The van der Waals surface area contributed by atoms with Gasteiger partial charge in [0.25, 0.3) is 0 Å².